The fourth-order valence-corrected chi connectivity index (χ4v) is 8.51. The molecule has 0 aliphatic heterocycles. The highest BCUT2D eigenvalue weighted by Gasteiger charge is 2.23. The van der Waals surface area contributed by atoms with Gasteiger partial charge in [-0.15, -0.1) is 32.8 Å². The molecule has 0 aliphatic rings. The SMILES string of the molecule is Bc1c(B)c(B)c(-c2nc(-c3c(B)c(B)c(B)c(B)c3B)nc(-c3cccc4c3oc3ccc(-c5cccc6c5oc5ccccc56)cc34)n2)c(B)c1B. The molecule has 0 amide bonds. The molecular weight excluding hydrogens is 651 g/mol. The van der Waals surface area contributed by atoms with E-state index in [0.717, 1.165) is 71.7 Å². The minimum atomic E-state index is 0.594. The zero-order chi connectivity index (χ0) is 37.7. The number of hydrogen-bond acceptors (Lipinski definition) is 5. The molecule has 0 saturated heterocycles. The molecule has 0 radical (unpaired) electrons. The predicted octanol–water partition coefficient (Wildman–Crippen LogP) is -7.08. The quantitative estimate of drug-likeness (QED) is 0.173. The third-order valence-electron chi connectivity index (χ3n) is 12.5. The van der Waals surface area contributed by atoms with Crippen molar-refractivity contribution in [2.24, 2.45) is 0 Å². The molecule has 15 heteroatoms. The van der Waals surface area contributed by atoms with Gasteiger partial charge in [0.1, 0.15) is 101 Å². The van der Waals surface area contributed by atoms with Gasteiger partial charge in [-0.25, -0.2) is 15.0 Å². The van der Waals surface area contributed by atoms with Gasteiger partial charge in [-0.3, -0.25) is 0 Å². The Balaban J connectivity index is 1.29. The van der Waals surface area contributed by atoms with Gasteiger partial charge in [0.15, 0.2) is 17.5 Å². The first-order valence-corrected chi connectivity index (χ1v) is 18.7. The van der Waals surface area contributed by atoms with Crippen LogP contribution in [0.5, 0.6) is 0 Å². The second-order valence-electron chi connectivity index (χ2n) is 15.1. The molecule has 5 nitrogen and oxygen atoms in total. The summed E-state index contributed by atoms with van der Waals surface area (Å²) < 4.78 is 13.2. The summed E-state index contributed by atoms with van der Waals surface area (Å²) in [6, 6.07) is 27.2. The topological polar surface area (TPSA) is 65.0 Å². The average Bonchev–Trinajstić information content (AvgIpc) is 3.76. The number of nitrogens with zero attached hydrogens (tertiary/aromatic N) is 3. The van der Waals surface area contributed by atoms with Gasteiger partial charge in [-0.1, -0.05) is 76.4 Å². The van der Waals surface area contributed by atoms with E-state index in [1.807, 2.05) is 12.1 Å². The number of furan rings is 2. The van der Waals surface area contributed by atoms with Gasteiger partial charge in [-0.05, 0) is 29.8 Å². The number of benzene rings is 6. The molecule has 9 rings (SSSR count). The summed E-state index contributed by atoms with van der Waals surface area (Å²) in [5, 5.41) is 4.26. The fourth-order valence-electron chi connectivity index (χ4n) is 8.51. The Morgan fingerprint density at radius 3 is 1.35 bits per heavy atom. The van der Waals surface area contributed by atoms with E-state index >= 15 is 0 Å². The van der Waals surface area contributed by atoms with Gasteiger partial charge in [-0.2, -0.15) is 0 Å². The molecule has 3 heterocycles. The fraction of sp³-hybridized carbons (Fsp3) is 0. The molecule has 54 heavy (non-hydrogen) atoms. The first-order valence-electron chi connectivity index (χ1n) is 18.7. The lowest BCUT2D eigenvalue weighted by Gasteiger charge is -2.22. The maximum atomic E-state index is 6.73. The molecule has 0 N–H and O–H groups in total. The van der Waals surface area contributed by atoms with E-state index < -0.39 is 0 Å². The lowest BCUT2D eigenvalue weighted by Crippen LogP contribution is -2.55. The Bertz CT molecular complexity index is 2940. The molecule has 0 spiro atoms. The summed E-state index contributed by atoms with van der Waals surface area (Å²) in [5.41, 5.74) is 20.9. The lowest BCUT2D eigenvalue weighted by molar-refractivity contribution is 0.668. The van der Waals surface area contributed by atoms with Gasteiger partial charge in [0, 0.05) is 38.2 Å². The van der Waals surface area contributed by atoms with Crippen LogP contribution in [0.3, 0.4) is 0 Å². The van der Waals surface area contributed by atoms with Crippen LogP contribution in [0.1, 0.15) is 0 Å². The maximum Gasteiger partial charge on any atom is 0.167 e. The predicted molar refractivity (Wildman–Crippen MR) is 258 cm³/mol. The third-order valence-corrected chi connectivity index (χ3v) is 12.5. The second kappa shape index (κ2) is 12.6. The molecule has 246 valence electrons. The summed E-state index contributed by atoms with van der Waals surface area (Å²) in [5.74, 6) is 1.96. The first kappa shape index (κ1) is 34.4. The van der Waals surface area contributed by atoms with Crippen LogP contribution in [0.25, 0.3) is 89.2 Å². The van der Waals surface area contributed by atoms with Crippen LogP contribution in [0, 0.1) is 0 Å². The number of aromatic nitrogens is 3. The third kappa shape index (κ3) is 5.04. The van der Waals surface area contributed by atoms with Gasteiger partial charge < -0.3 is 8.83 Å². The summed E-state index contributed by atoms with van der Waals surface area (Å²) >= 11 is 0. The van der Waals surface area contributed by atoms with E-state index in [0.29, 0.717) is 17.5 Å². The molecular formula is C39H33B10N3O2. The molecule has 0 atom stereocenters. The summed E-state index contributed by atoms with van der Waals surface area (Å²) in [6.45, 7) is 0. The Morgan fingerprint density at radius 2 is 0.778 bits per heavy atom. The van der Waals surface area contributed by atoms with Crippen LogP contribution >= 0.6 is 0 Å². The van der Waals surface area contributed by atoms with Crippen molar-refractivity contribution >= 4 is 177 Å². The second-order valence-corrected chi connectivity index (χ2v) is 15.1. The normalized spacial score (nSPS) is 11.7. The number of rotatable bonds is 4. The average molecular weight is 684 g/mol. The Hall–Kier alpha value is -5.42. The van der Waals surface area contributed by atoms with E-state index in [9.17, 15) is 0 Å². The summed E-state index contributed by atoms with van der Waals surface area (Å²) in [6.07, 6.45) is 0. The van der Waals surface area contributed by atoms with Gasteiger partial charge in [0.2, 0.25) is 0 Å². The first-order chi connectivity index (χ1) is 25.9. The van der Waals surface area contributed by atoms with Crippen molar-refractivity contribution in [3.05, 3.63) is 78.9 Å². The molecule has 6 aromatic carbocycles. The van der Waals surface area contributed by atoms with Crippen LogP contribution < -0.4 is 54.6 Å². The van der Waals surface area contributed by atoms with Crippen molar-refractivity contribution in [3.8, 4) is 45.3 Å². The summed E-state index contributed by atoms with van der Waals surface area (Å²) in [4.78, 5) is 15.9. The highest BCUT2D eigenvalue weighted by molar-refractivity contribution is 6.69. The molecule has 0 aliphatic carbocycles. The Labute approximate surface area is 323 Å². The van der Waals surface area contributed by atoms with Gasteiger partial charge in [0.05, 0.1) is 5.56 Å². The van der Waals surface area contributed by atoms with Crippen molar-refractivity contribution in [2.75, 3.05) is 0 Å². The largest absolute Gasteiger partial charge is 0.455 e. The monoisotopic (exact) mass is 685 g/mol. The minimum Gasteiger partial charge on any atom is -0.455 e. The van der Waals surface area contributed by atoms with Crippen molar-refractivity contribution in [3.63, 3.8) is 0 Å². The van der Waals surface area contributed by atoms with Crippen LogP contribution in [0.4, 0.5) is 0 Å². The molecule has 0 unspecified atom stereocenters. The smallest absolute Gasteiger partial charge is 0.167 e. The van der Waals surface area contributed by atoms with E-state index in [1.165, 1.54) is 54.6 Å². The molecule has 9 aromatic rings. The van der Waals surface area contributed by atoms with Crippen LogP contribution in [0.2, 0.25) is 0 Å². The van der Waals surface area contributed by atoms with E-state index in [2.05, 4.69) is 145 Å². The maximum absolute atomic E-state index is 6.73. The molecule has 0 bridgehead atoms. The van der Waals surface area contributed by atoms with Crippen LogP contribution in [0.15, 0.2) is 87.7 Å². The lowest BCUT2D eigenvalue weighted by atomic mass is 9.60. The zero-order valence-electron chi connectivity index (χ0n) is 32.7. The number of para-hydroxylation sites is 3. The van der Waals surface area contributed by atoms with Crippen molar-refractivity contribution in [1.82, 2.24) is 15.0 Å². The van der Waals surface area contributed by atoms with Crippen molar-refractivity contribution in [1.29, 1.82) is 0 Å². The van der Waals surface area contributed by atoms with E-state index in [-0.39, 0.29) is 0 Å². The van der Waals surface area contributed by atoms with E-state index in [4.69, 9.17) is 23.8 Å². The van der Waals surface area contributed by atoms with Crippen LogP contribution in [-0.4, -0.2) is 93.4 Å². The minimum absolute atomic E-state index is 0.594. The van der Waals surface area contributed by atoms with Gasteiger partial charge >= 0.3 is 0 Å². The molecule has 0 fully saturated rings. The highest BCUT2D eigenvalue weighted by atomic mass is 16.3. The number of fused-ring (bicyclic) bond motifs is 6. The standard InChI is InChI=1S/C39H33B10N3O2/c40-25-23(26(41)30(45)33(48)29(25)44)38-50-37(51-39(52-38)24-27(42)31(46)34(49)32(47)28(24)43)19-9-4-8-18-20-13-14(11-12-22(20)54-36(18)19)15-6-3-7-17-16-5-1-2-10-21(16)53-35(15)17/h1-13H,40-49H2. The van der Waals surface area contributed by atoms with E-state index in [1.54, 1.807) is 0 Å². The van der Waals surface area contributed by atoms with Crippen LogP contribution in [-0.2, 0) is 0 Å². The molecule has 0 saturated carbocycles. The molecule has 3 aromatic heterocycles. The Kier molecular flexibility index (Phi) is 8.00. The van der Waals surface area contributed by atoms with Gasteiger partial charge in [0.25, 0.3) is 0 Å². The highest BCUT2D eigenvalue weighted by Crippen LogP contribution is 2.40. The number of hydrogen-bond donors (Lipinski definition) is 0. The summed E-state index contributed by atoms with van der Waals surface area (Å²) in [7, 11) is 21.9. The van der Waals surface area contributed by atoms with Crippen molar-refractivity contribution in [2.45, 2.75) is 0 Å². The Morgan fingerprint density at radius 1 is 0.352 bits per heavy atom. The van der Waals surface area contributed by atoms with Crippen molar-refractivity contribution < 1.29 is 8.83 Å². The zero-order valence-corrected chi connectivity index (χ0v) is 32.7.